The quantitative estimate of drug-likeness (QED) is 0.217. The summed E-state index contributed by atoms with van der Waals surface area (Å²) in [5, 5.41) is 4.61. The van der Waals surface area contributed by atoms with E-state index in [0.29, 0.717) is 5.69 Å². The Labute approximate surface area is 231 Å². The van der Waals surface area contributed by atoms with Crippen molar-refractivity contribution in [1.29, 1.82) is 0 Å². The molecule has 0 aliphatic carbocycles. The summed E-state index contributed by atoms with van der Waals surface area (Å²) in [6.07, 6.45) is 0. The maximum atomic E-state index is 8.03. The molecule has 0 saturated heterocycles. The normalized spacial score (nSPS) is 11.5. The van der Waals surface area contributed by atoms with Crippen LogP contribution in [0.4, 0.5) is 5.69 Å². The van der Waals surface area contributed by atoms with Crippen molar-refractivity contribution < 1.29 is 4.42 Å². The number of furan rings is 1. The Balaban J connectivity index is 1.33. The van der Waals surface area contributed by atoms with Crippen LogP contribution < -0.4 is 0 Å². The fraction of sp³-hybridized carbons (Fsp3) is 0. The highest BCUT2D eigenvalue weighted by Crippen LogP contribution is 2.42. The second-order valence-electron chi connectivity index (χ2n) is 10.0. The number of fused-ring (bicyclic) bond motifs is 6. The first-order valence-electron chi connectivity index (χ1n) is 13.3. The van der Waals surface area contributed by atoms with Gasteiger partial charge in [0.25, 0.3) is 0 Å². The lowest BCUT2D eigenvalue weighted by Gasteiger charge is -2.16. The Kier molecular flexibility index (Phi) is 4.89. The van der Waals surface area contributed by atoms with Gasteiger partial charge in [-0.3, -0.25) is 0 Å². The van der Waals surface area contributed by atoms with Crippen LogP contribution in [0, 0.1) is 6.57 Å². The monoisotopic (exact) mass is 510 g/mol. The maximum Gasteiger partial charge on any atom is 0.211 e. The molecule has 40 heavy (non-hydrogen) atoms. The van der Waals surface area contributed by atoms with Crippen LogP contribution in [-0.2, 0) is 0 Å². The Hall–Kier alpha value is -5.59. The van der Waals surface area contributed by atoms with Gasteiger partial charge < -0.3 is 8.98 Å². The number of hydrogen-bond donors (Lipinski definition) is 0. The summed E-state index contributed by atoms with van der Waals surface area (Å²) in [5.41, 5.74) is 9.75. The molecule has 186 valence electrons. The van der Waals surface area contributed by atoms with Gasteiger partial charge in [0.1, 0.15) is 11.2 Å². The van der Waals surface area contributed by atoms with Crippen LogP contribution in [0.25, 0.3) is 76.5 Å². The molecule has 0 radical (unpaired) electrons. The van der Waals surface area contributed by atoms with E-state index in [1.807, 2.05) is 30.3 Å². The lowest BCUT2D eigenvalue weighted by atomic mass is 9.97. The molecule has 0 bridgehead atoms. The molecule has 3 heteroatoms. The number of aromatic nitrogens is 1. The molecule has 0 saturated carbocycles. The number of rotatable bonds is 3. The van der Waals surface area contributed by atoms with Crippen molar-refractivity contribution in [3.63, 3.8) is 0 Å². The van der Waals surface area contributed by atoms with Gasteiger partial charge in [0, 0.05) is 27.1 Å². The molecule has 8 rings (SSSR count). The predicted octanol–water partition coefficient (Wildman–Crippen LogP) is 10.6. The van der Waals surface area contributed by atoms with Gasteiger partial charge in [-0.05, 0) is 34.9 Å². The summed E-state index contributed by atoms with van der Waals surface area (Å²) < 4.78 is 8.54. The molecule has 0 spiro atoms. The zero-order valence-electron chi connectivity index (χ0n) is 21.5. The molecule has 2 aromatic heterocycles. The first-order valence-corrected chi connectivity index (χ1v) is 13.3. The van der Waals surface area contributed by atoms with Crippen LogP contribution in [0.2, 0.25) is 0 Å². The lowest BCUT2D eigenvalue weighted by molar-refractivity contribution is 0.670. The van der Waals surface area contributed by atoms with Crippen molar-refractivity contribution >= 4 is 49.4 Å². The Morgan fingerprint density at radius 1 is 0.500 bits per heavy atom. The first-order chi connectivity index (χ1) is 19.8. The van der Waals surface area contributed by atoms with Crippen LogP contribution in [0.5, 0.6) is 0 Å². The third-order valence-electron chi connectivity index (χ3n) is 7.85. The van der Waals surface area contributed by atoms with Crippen LogP contribution in [0.1, 0.15) is 0 Å². The maximum absolute atomic E-state index is 8.03. The third kappa shape index (κ3) is 3.24. The highest BCUT2D eigenvalue weighted by atomic mass is 16.3. The smallest absolute Gasteiger partial charge is 0.211 e. The largest absolute Gasteiger partial charge is 0.455 e. The summed E-state index contributed by atoms with van der Waals surface area (Å²) in [5.74, 6) is 0. The molecule has 0 N–H and O–H groups in total. The van der Waals surface area contributed by atoms with Crippen molar-refractivity contribution in [3.8, 4) is 27.9 Å². The molecule has 0 amide bonds. The number of nitrogens with zero attached hydrogens (tertiary/aromatic N) is 2. The van der Waals surface area contributed by atoms with Crippen molar-refractivity contribution in [3.05, 3.63) is 145 Å². The second kappa shape index (κ2) is 8.73. The molecule has 6 aromatic carbocycles. The van der Waals surface area contributed by atoms with Gasteiger partial charge in [0.05, 0.1) is 23.3 Å². The number of benzene rings is 6. The SMILES string of the molecule is [C-]#[N+]c1cccc(-c2ccc(-c3cccc4c3oc3ccccc34)cc2)c1-n1c2ccccc2c2ccccc21. The minimum absolute atomic E-state index is 0.625. The van der Waals surface area contributed by atoms with E-state index in [4.69, 9.17) is 11.0 Å². The molecule has 0 fully saturated rings. The van der Waals surface area contributed by atoms with Crippen molar-refractivity contribution in [2.75, 3.05) is 0 Å². The topological polar surface area (TPSA) is 22.4 Å². The van der Waals surface area contributed by atoms with Crippen LogP contribution in [0.15, 0.2) is 138 Å². The fourth-order valence-corrected chi connectivity index (χ4v) is 6.06. The van der Waals surface area contributed by atoms with E-state index in [1.165, 1.54) is 10.8 Å². The predicted molar refractivity (Wildman–Crippen MR) is 165 cm³/mol. The highest BCUT2D eigenvalue weighted by Gasteiger charge is 2.19. The standard InChI is InChI=1S/C37H22N2O/c1-38-32-16-9-13-26(36(32)39-33-17-5-2-10-28(33)29-11-3-6-18-34(29)39)24-20-22-25(23-21-24)27-14-8-15-31-30-12-4-7-19-35(30)40-37(27)31/h2-23H. The van der Waals surface area contributed by atoms with E-state index < -0.39 is 0 Å². The Morgan fingerprint density at radius 2 is 1.05 bits per heavy atom. The van der Waals surface area contributed by atoms with Gasteiger partial charge in [-0.15, -0.1) is 0 Å². The molecule has 2 heterocycles. The van der Waals surface area contributed by atoms with E-state index in [1.54, 1.807) is 0 Å². The minimum Gasteiger partial charge on any atom is -0.455 e. The first kappa shape index (κ1) is 22.4. The third-order valence-corrected chi connectivity index (χ3v) is 7.85. The number of para-hydroxylation sites is 5. The van der Waals surface area contributed by atoms with Gasteiger partial charge in [-0.25, -0.2) is 4.85 Å². The Bertz CT molecular complexity index is 2220. The van der Waals surface area contributed by atoms with Crippen LogP contribution in [0.3, 0.4) is 0 Å². The Morgan fingerprint density at radius 3 is 1.75 bits per heavy atom. The number of hydrogen-bond acceptors (Lipinski definition) is 1. The molecular formula is C37H22N2O. The van der Waals surface area contributed by atoms with E-state index >= 15 is 0 Å². The molecule has 0 aliphatic heterocycles. The van der Waals surface area contributed by atoms with Crippen molar-refractivity contribution in [2.45, 2.75) is 0 Å². The molecule has 0 unspecified atom stereocenters. The van der Waals surface area contributed by atoms with Crippen LogP contribution >= 0.6 is 0 Å². The molecule has 3 nitrogen and oxygen atoms in total. The molecule has 0 atom stereocenters. The van der Waals surface area contributed by atoms with Gasteiger partial charge in [-0.2, -0.15) is 0 Å². The average Bonchev–Trinajstić information content (AvgIpc) is 3.57. The molecular weight excluding hydrogens is 488 g/mol. The second-order valence-corrected chi connectivity index (χ2v) is 10.0. The summed E-state index contributed by atoms with van der Waals surface area (Å²) in [6, 6.07) is 45.9. The molecule has 0 aliphatic rings. The zero-order valence-corrected chi connectivity index (χ0v) is 21.5. The highest BCUT2D eigenvalue weighted by molar-refractivity contribution is 6.11. The fourth-order valence-electron chi connectivity index (χ4n) is 6.06. The van der Waals surface area contributed by atoms with Crippen molar-refractivity contribution in [2.24, 2.45) is 0 Å². The van der Waals surface area contributed by atoms with Gasteiger partial charge >= 0.3 is 0 Å². The summed E-state index contributed by atoms with van der Waals surface area (Å²) in [7, 11) is 0. The zero-order chi connectivity index (χ0) is 26.6. The van der Waals surface area contributed by atoms with Gasteiger partial charge in [-0.1, -0.05) is 115 Å². The van der Waals surface area contributed by atoms with E-state index in [0.717, 1.165) is 60.9 Å². The molecule has 8 aromatic rings. The van der Waals surface area contributed by atoms with Crippen LogP contribution in [-0.4, -0.2) is 4.57 Å². The average molecular weight is 511 g/mol. The summed E-state index contributed by atoms with van der Waals surface area (Å²) in [4.78, 5) is 3.96. The van der Waals surface area contributed by atoms with Crippen molar-refractivity contribution in [1.82, 2.24) is 4.57 Å². The lowest BCUT2D eigenvalue weighted by Crippen LogP contribution is -1.97. The van der Waals surface area contributed by atoms with E-state index in [-0.39, 0.29) is 0 Å². The van der Waals surface area contributed by atoms with Gasteiger partial charge in [0.2, 0.25) is 5.69 Å². The summed E-state index contributed by atoms with van der Waals surface area (Å²) in [6.45, 7) is 8.03. The minimum atomic E-state index is 0.625. The van der Waals surface area contributed by atoms with Gasteiger partial charge in [0.15, 0.2) is 0 Å². The van der Waals surface area contributed by atoms with E-state index in [9.17, 15) is 0 Å². The van der Waals surface area contributed by atoms with E-state index in [2.05, 4.69) is 113 Å². The summed E-state index contributed by atoms with van der Waals surface area (Å²) >= 11 is 0.